The van der Waals surface area contributed by atoms with Crippen LogP contribution in [-0.2, 0) is 42.8 Å². The van der Waals surface area contributed by atoms with E-state index >= 15 is 0 Å². The molecule has 4 aliphatic rings. The van der Waals surface area contributed by atoms with Crippen LogP contribution in [0.1, 0.15) is 59.3 Å². The predicted molar refractivity (Wildman–Crippen MR) is 207 cm³/mol. The smallest absolute Gasteiger partial charge is 0.377 e. The molecule has 0 saturated carbocycles. The van der Waals surface area contributed by atoms with Gasteiger partial charge in [-0.15, -0.1) is 0 Å². The lowest BCUT2D eigenvalue weighted by Crippen LogP contribution is -2.63. The predicted octanol–water partition coefficient (Wildman–Crippen LogP) is -0.116. The number of aromatic hydroxyl groups is 11. The van der Waals surface area contributed by atoms with Crippen LogP contribution in [0.3, 0.4) is 0 Å². The van der Waals surface area contributed by atoms with Crippen LogP contribution < -0.4 is 4.74 Å². The minimum absolute atomic E-state index is 0.338. The molecule has 0 spiro atoms. The fourth-order valence-corrected chi connectivity index (χ4v) is 8.17. The lowest BCUT2D eigenvalue weighted by molar-refractivity contribution is -0.287. The zero-order valence-electron chi connectivity index (χ0n) is 33.8. The van der Waals surface area contributed by atoms with Crippen molar-refractivity contribution in [1.29, 1.82) is 0 Å². The third kappa shape index (κ3) is 7.30. The van der Waals surface area contributed by atoms with Gasteiger partial charge in [0.1, 0.15) is 12.7 Å². The van der Waals surface area contributed by atoms with E-state index in [1.807, 2.05) is 0 Å². The van der Waals surface area contributed by atoms with E-state index < -0.39 is 211 Å². The Morgan fingerprint density at radius 3 is 1.68 bits per heavy atom. The molecular weight excluding hydrogens is 940 g/mol. The van der Waals surface area contributed by atoms with Gasteiger partial charge in [-0.2, -0.15) is 0 Å². The molecule has 4 bridgehead atoms. The average Bonchev–Trinajstić information content (AvgIpc) is 3.60. The second-order valence-corrected chi connectivity index (χ2v) is 15.4. The number of hydrogen-bond donors (Lipinski definition) is 14. The number of aliphatic hydroxyl groups is 1. The third-order valence-electron chi connectivity index (χ3n) is 11.3. The fraction of sp³-hybridized carbons (Fsp3) is 0.244. The molecule has 28 nitrogen and oxygen atoms in total. The van der Waals surface area contributed by atoms with Gasteiger partial charge in [-0.1, -0.05) is 0 Å². The Bertz CT molecular complexity index is 2950. The first-order chi connectivity index (χ1) is 32.4. The summed E-state index contributed by atoms with van der Waals surface area (Å²) in [6.07, 6.45) is -14.2. The van der Waals surface area contributed by atoms with Gasteiger partial charge in [-0.25, -0.2) is 24.0 Å². The fourth-order valence-electron chi connectivity index (χ4n) is 8.17. The summed E-state index contributed by atoms with van der Waals surface area (Å²) in [5.74, 6) is -38.0. The molecule has 8 rings (SSSR count). The monoisotopic (exact) mass is 970 g/mol. The summed E-state index contributed by atoms with van der Waals surface area (Å²) >= 11 is 0. The highest BCUT2D eigenvalue weighted by Crippen LogP contribution is 2.58. The van der Waals surface area contributed by atoms with E-state index in [0.717, 1.165) is 0 Å². The molecule has 0 radical (unpaired) electrons. The number of esters is 5. The molecule has 1 fully saturated rings. The molecule has 0 amide bonds. The van der Waals surface area contributed by atoms with Crippen molar-refractivity contribution in [2.24, 2.45) is 5.92 Å². The molecule has 0 aliphatic carbocycles. The minimum atomic E-state index is -3.81. The van der Waals surface area contributed by atoms with Crippen LogP contribution in [0.2, 0.25) is 0 Å². The maximum atomic E-state index is 14.6. The van der Waals surface area contributed by atoms with E-state index in [4.69, 9.17) is 33.2 Å². The summed E-state index contributed by atoms with van der Waals surface area (Å²) in [4.78, 5) is 96.7. The van der Waals surface area contributed by atoms with E-state index in [1.165, 1.54) is 0 Å². The number of hydrogen-bond acceptors (Lipinski definition) is 26. The van der Waals surface area contributed by atoms with Gasteiger partial charge >= 0.3 is 47.6 Å². The molecular formula is C41H30O28. The Labute approximate surface area is 379 Å². The Balaban J connectivity index is 1.40. The van der Waals surface area contributed by atoms with Crippen LogP contribution in [0.25, 0.3) is 11.1 Å². The van der Waals surface area contributed by atoms with Gasteiger partial charge in [0.25, 0.3) is 0 Å². The number of rotatable bonds is 5. The molecule has 69 heavy (non-hydrogen) atoms. The number of carboxylic acid groups (broad SMARTS) is 2. The van der Waals surface area contributed by atoms with Crippen molar-refractivity contribution in [2.75, 3.05) is 6.61 Å². The molecule has 28 heteroatoms. The Morgan fingerprint density at radius 2 is 1.12 bits per heavy atom. The molecule has 4 aromatic rings. The second-order valence-electron chi connectivity index (χ2n) is 15.4. The molecule has 14 N–H and O–H groups in total. The Kier molecular flexibility index (Phi) is 10.9. The summed E-state index contributed by atoms with van der Waals surface area (Å²) in [5.41, 5.74) is -7.49. The third-order valence-corrected chi connectivity index (χ3v) is 11.3. The molecule has 8 atom stereocenters. The minimum Gasteiger partial charge on any atom is -0.504 e. The molecule has 1 saturated heterocycles. The Hall–Kier alpha value is -9.31. The highest BCUT2D eigenvalue weighted by Gasteiger charge is 2.64. The highest BCUT2D eigenvalue weighted by atomic mass is 16.7. The van der Waals surface area contributed by atoms with Crippen LogP contribution in [0, 0.1) is 5.92 Å². The highest BCUT2D eigenvalue weighted by molar-refractivity contribution is 6.08. The summed E-state index contributed by atoms with van der Waals surface area (Å²) in [6, 6.07) is 2.20. The van der Waals surface area contributed by atoms with E-state index in [-0.39, 0.29) is 0 Å². The summed E-state index contributed by atoms with van der Waals surface area (Å²) < 4.78 is 38.8. The molecule has 0 aromatic heterocycles. The molecule has 4 heterocycles. The van der Waals surface area contributed by atoms with Crippen LogP contribution >= 0.6 is 0 Å². The number of phenolic OH excluding ortho intramolecular Hbond substituents is 11. The topological polar surface area (TPSA) is 467 Å². The number of benzene rings is 4. The van der Waals surface area contributed by atoms with Crippen molar-refractivity contribution in [2.45, 2.75) is 48.8 Å². The quantitative estimate of drug-likeness (QED) is 0.0704. The van der Waals surface area contributed by atoms with E-state index in [0.29, 0.717) is 30.3 Å². The number of fused-ring (bicyclic) bond motifs is 3. The van der Waals surface area contributed by atoms with E-state index in [9.17, 15) is 105 Å². The second kappa shape index (κ2) is 16.2. The molecule has 4 aromatic carbocycles. The van der Waals surface area contributed by atoms with E-state index in [1.54, 1.807) is 0 Å². The standard InChI is InChI=1S/C41H30O28/c42-13-1-8(2-14(43)24(13)49)34(55)68-39-33-32-30(65-38(59)12(6-19(47)48)23-22-11(37(58)67-33)5-17(46)27(52)31(22)69-41(23,62)40(60)61)18(64-39)7-63-35(56)9-3-15(44)25(50)28(53)20(9)21-10(36(57)66-32)4-16(45)26(51)29(21)54/h1-5,12,18,23,30,32-33,39,42-46,49-54,62H,6-7H2,(H,47,48)(H,60,61)/t12-,18+,23-,30+,32+,33+,39-,41-/m0/s1. The zero-order valence-corrected chi connectivity index (χ0v) is 33.8. The largest absolute Gasteiger partial charge is 0.504 e. The van der Waals surface area contributed by atoms with Crippen LogP contribution in [0.4, 0.5) is 0 Å². The van der Waals surface area contributed by atoms with Gasteiger partial charge in [0.2, 0.25) is 29.6 Å². The zero-order chi connectivity index (χ0) is 50.5. The summed E-state index contributed by atoms with van der Waals surface area (Å²) in [6.45, 7) is -1.36. The van der Waals surface area contributed by atoms with Crippen molar-refractivity contribution in [1.82, 2.24) is 0 Å². The first kappa shape index (κ1) is 46.2. The normalized spacial score (nSPS) is 24.9. The lowest BCUT2D eigenvalue weighted by atomic mass is 9.77. The SMILES string of the molecule is O=C(O)C[C@@H]1C(=O)O[C@H]2[C@H]3OC(=O)c4cc(O)c(O)c(O)c4-c4c(cc(O)c(O)c4O)C(=O)OC[C@H]2O[C@@H](OC(=O)c2cc(O)c(O)c(O)c2)[C@@H]3OC(=O)c2cc(O)c(O)c3c2[C@H]1[C@@](O)(C(=O)O)O3. The van der Waals surface area contributed by atoms with Gasteiger partial charge in [0.05, 0.1) is 40.5 Å². The number of carboxylic acids is 2. The van der Waals surface area contributed by atoms with Crippen LogP contribution in [0.5, 0.6) is 69.0 Å². The van der Waals surface area contributed by atoms with Gasteiger partial charge in [-0.3, -0.25) is 9.59 Å². The van der Waals surface area contributed by atoms with Gasteiger partial charge < -0.3 is 105 Å². The summed E-state index contributed by atoms with van der Waals surface area (Å²) in [7, 11) is 0. The molecule has 0 unspecified atom stereocenters. The average molecular weight is 971 g/mol. The summed E-state index contributed by atoms with van der Waals surface area (Å²) in [5, 5.41) is 148. The van der Waals surface area contributed by atoms with Crippen LogP contribution in [0.15, 0.2) is 30.3 Å². The number of aliphatic carboxylic acids is 2. The van der Waals surface area contributed by atoms with Crippen molar-refractivity contribution in [3.05, 3.63) is 58.1 Å². The van der Waals surface area contributed by atoms with Crippen molar-refractivity contribution in [3.63, 3.8) is 0 Å². The maximum absolute atomic E-state index is 14.6. The van der Waals surface area contributed by atoms with Gasteiger partial charge in [0, 0.05) is 16.7 Å². The van der Waals surface area contributed by atoms with Crippen molar-refractivity contribution in [3.8, 4) is 80.1 Å². The first-order valence-corrected chi connectivity index (χ1v) is 19.3. The van der Waals surface area contributed by atoms with Crippen molar-refractivity contribution >= 4 is 41.8 Å². The first-order valence-electron chi connectivity index (χ1n) is 19.3. The lowest BCUT2D eigenvalue weighted by Gasteiger charge is -2.44. The number of phenols is 11. The van der Waals surface area contributed by atoms with Crippen LogP contribution in [-0.4, -0.2) is 156 Å². The number of cyclic esters (lactones) is 1. The van der Waals surface area contributed by atoms with Gasteiger partial charge in [-0.05, 0) is 30.3 Å². The number of carbonyl (C=O) groups is 7. The molecule has 4 aliphatic heterocycles. The number of ether oxygens (including phenoxy) is 7. The molecule has 362 valence electrons. The van der Waals surface area contributed by atoms with Crippen molar-refractivity contribution < 1.29 is 138 Å². The number of carbonyl (C=O) groups excluding carboxylic acids is 5. The van der Waals surface area contributed by atoms with Gasteiger partial charge in [0.15, 0.2) is 64.0 Å². The van der Waals surface area contributed by atoms with E-state index in [2.05, 4.69) is 0 Å². The maximum Gasteiger partial charge on any atom is 0.377 e. The Morgan fingerprint density at radius 1 is 0.609 bits per heavy atom.